The largest absolute Gasteiger partial charge is 0.314 e. The summed E-state index contributed by atoms with van der Waals surface area (Å²) < 4.78 is 0. The first-order valence-electron chi connectivity index (χ1n) is 6.74. The maximum absolute atomic E-state index is 3.54. The van der Waals surface area contributed by atoms with E-state index in [1.54, 1.807) is 0 Å². The van der Waals surface area contributed by atoms with Crippen molar-refractivity contribution in [1.29, 1.82) is 0 Å². The van der Waals surface area contributed by atoms with Gasteiger partial charge in [0, 0.05) is 12.6 Å². The number of nitrogens with zero attached hydrogens (tertiary/aromatic N) is 2. The predicted molar refractivity (Wildman–Crippen MR) is 70.9 cm³/mol. The Labute approximate surface area is 101 Å². The summed E-state index contributed by atoms with van der Waals surface area (Å²) in [6, 6.07) is 0.711. The van der Waals surface area contributed by atoms with Gasteiger partial charge >= 0.3 is 0 Å². The standard InChI is InChI=1S/C13H29N3/c1-5-16(10-6-9-15(3)4)11-13-7-8-14-12(13)2/h12-14H,5-11H2,1-4H3. The molecule has 0 aromatic heterocycles. The normalized spacial score (nSPS) is 25.9. The van der Waals surface area contributed by atoms with Gasteiger partial charge in [0.1, 0.15) is 0 Å². The van der Waals surface area contributed by atoms with Crippen LogP contribution in [0.1, 0.15) is 26.7 Å². The maximum atomic E-state index is 3.54. The molecule has 3 heteroatoms. The van der Waals surface area contributed by atoms with Crippen molar-refractivity contribution in [1.82, 2.24) is 15.1 Å². The van der Waals surface area contributed by atoms with Gasteiger partial charge in [-0.1, -0.05) is 6.92 Å². The molecular formula is C13H29N3. The summed E-state index contributed by atoms with van der Waals surface area (Å²) >= 11 is 0. The summed E-state index contributed by atoms with van der Waals surface area (Å²) in [7, 11) is 4.30. The highest BCUT2D eigenvalue weighted by molar-refractivity contribution is 4.82. The average molecular weight is 227 g/mol. The molecule has 0 spiro atoms. The molecule has 1 fully saturated rings. The lowest BCUT2D eigenvalue weighted by Gasteiger charge is -2.26. The molecule has 1 N–H and O–H groups in total. The van der Waals surface area contributed by atoms with Crippen molar-refractivity contribution < 1.29 is 0 Å². The van der Waals surface area contributed by atoms with Crippen LogP contribution in [0, 0.1) is 5.92 Å². The van der Waals surface area contributed by atoms with Crippen LogP contribution in [-0.2, 0) is 0 Å². The minimum Gasteiger partial charge on any atom is -0.314 e. The number of rotatable bonds is 7. The summed E-state index contributed by atoms with van der Waals surface area (Å²) in [6.07, 6.45) is 2.64. The van der Waals surface area contributed by atoms with Crippen molar-refractivity contribution in [2.45, 2.75) is 32.7 Å². The Morgan fingerprint density at radius 2 is 2.00 bits per heavy atom. The summed E-state index contributed by atoms with van der Waals surface area (Å²) in [5.74, 6) is 0.860. The molecule has 0 aromatic carbocycles. The van der Waals surface area contributed by atoms with E-state index < -0.39 is 0 Å². The van der Waals surface area contributed by atoms with Gasteiger partial charge in [-0.25, -0.2) is 0 Å². The first kappa shape index (κ1) is 13.9. The molecule has 3 nitrogen and oxygen atoms in total. The van der Waals surface area contributed by atoms with Crippen molar-refractivity contribution in [2.75, 3.05) is 46.8 Å². The zero-order chi connectivity index (χ0) is 12.0. The fraction of sp³-hybridized carbons (Fsp3) is 1.00. The van der Waals surface area contributed by atoms with Crippen LogP contribution in [0.25, 0.3) is 0 Å². The third-order valence-corrected chi connectivity index (χ3v) is 3.71. The van der Waals surface area contributed by atoms with Crippen molar-refractivity contribution in [3.8, 4) is 0 Å². The van der Waals surface area contributed by atoms with Gasteiger partial charge in [0.25, 0.3) is 0 Å². The molecule has 0 saturated carbocycles. The van der Waals surface area contributed by atoms with Gasteiger partial charge in [0.05, 0.1) is 0 Å². The number of hydrogen-bond donors (Lipinski definition) is 1. The molecule has 0 aliphatic carbocycles. The summed E-state index contributed by atoms with van der Waals surface area (Å²) in [5, 5.41) is 3.54. The molecule has 96 valence electrons. The second-order valence-electron chi connectivity index (χ2n) is 5.34. The second-order valence-corrected chi connectivity index (χ2v) is 5.34. The van der Waals surface area contributed by atoms with E-state index in [0.29, 0.717) is 6.04 Å². The lowest BCUT2D eigenvalue weighted by molar-refractivity contribution is 0.222. The molecule has 1 rings (SSSR count). The van der Waals surface area contributed by atoms with Gasteiger partial charge in [-0.05, 0) is 66.0 Å². The highest BCUT2D eigenvalue weighted by Crippen LogP contribution is 2.16. The van der Waals surface area contributed by atoms with Gasteiger partial charge in [-0.15, -0.1) is 0 Å². The lowest BCUT2D eigenvalue weighted by Crippen LogP contribution is -2.35. The highest BCUT2D eigenvalue weighted by atomic mass is 15.1. The smallest absolute Gasteiger partial charge is 0.00796 e. The zero-order valence-electron chi connectivity index (χ0n) is 11.5. The quantitative estimate of drug-likeness (QED) is 0.706. The minimum absolute atomic E-state index is 0.711. The minimum atomic E-state index is 0.711. The molecule has 0 aromatic rings. The molecular weight excluding hydrogens is 198 g/mol. The first-order chi connectivity index (χ1) is 7.63. The Morgan fingerprint density at radius 1 is 1.25 bits per heavy atom. The van der Waals surface area contributed by atoms with Crippen molar-refractivity contribution in [3.63, 3.8) is 0 Å². The van der Waals surface area contributed by atoms with Gasteiger partial charge in [0.2, 0.25) is 0 Å². The van der Waals surface area contributed by atoms with Crippen molar-refractivity contribution in [2.24, 2.45) is 5.92 Å². The van der Waals surface area contributed by atoms with Crippen LogP contribution in [-0.4, -0.2) is 62.7 Å². The molecule has 16 heavy (non-hydrogen) atoms. The van der Waals surface area contributed by atoms with E-state index in [1.807, 2.05) is 0 Å². The Balaban J connectivity index is 2.20. The molecule has 0 amide bonds. The third-order valence-electron chi connectivity index (χ3n) is 3.71. The van der Waals surface area contributed by atoms with E-state index >= 15 is 0 Å². The average Bonchev–Trinajstić information content (AvgIpc) is 2.62. The van der Waals surface area contributed by atoms with Crippen molar-refractivity contribution >= 4 is 0 Å². The Bertz CT molecular complexity index is 182. The Hall–Kier alpha value is -0.120. The zero-order valence-corrected chi connectivity index (χ0v) is 11.5. The van der Waals surface area contributed by atoms with E-state index in [4.69, 9.17) is 0 Å². The molecule has 0 bridgehead atoms. The molecule has 0 radical (unpaired) electrons. The maximum Gasteiger partial charge on any atom is 0.00796 e. The Morgan fingerprint density at radius 3 is 2.50 bits per heavy atom. The van der Waals surface area contributed by atoms with E-state index in [2.05, 4.69) is 43.1 Å². The van der Waals surface area contributed by atoms with Gasteiger partial charge < -0.3 is 15.1 Å². The third kappa shape index (κ3) is 4.81. The summed E-state index contributed by atoms with van der Waals surface area (Å²) in [6.45, 7) is 10.7. The van der Waals surface area contributed by atoms with Gasteiger partial charge in [-0.2, -0.15) is 0 Å². The predicted octanol–water partition coefficient (Wildman–Crippen LogP) is 1.26. The summed E-state index contributed by atoms with van der Waals surface area (Å²) in [4.78, 5) is 4.88. The molecule has 1 aliphatic rings. The first-order valence-corrected chi connectivity index (χ1v) is 6.74. The van der Waals surface area contributed by atoms with E-state index in [1.165, 1.54) is 45.6 Å². The molecule has 2 unspecified atom stereocenters. The van der Waals surface area contributed by atoms with Crippen LogP contribution < -0.4 is 5.32 Å². The Kier molecular flexibility index (Phi) is 6.32. The monoisotopic (exact) mass is 227 g/mol. The number of nitrogens with one attached hydrogen (secondary N) is 1. The van der Waals surface area contributed by atoms with Crippen LogP contribution in [0.15, 0.2) is 0 Å². The molecule has 2 atom stereocenters. The fourth-order valence-corrected chi connectivity index (χ4v) is 2.48. The molecule has 1 saturated heterocycles. The number of hydrogen-bond acceptors (Lipinski definition) is 3. The SMILES string of the molecule is CCN(CCCN(C)C)CC1CCNC1C. The van der Waals surface area contributed by atoms with E-state index in [-0.39, 0.29) is 0 Å². The van der Waals surface area contributed by atoms with Crippen molar-refractivity contribution in [3.05, 3.63) is 0 Å². The fourth-order valence-electron chi connectivity index (χ4n) is 2.48. The molecule has 1 heterocycles. The van der Waals surface area contributed by atoms with E-state index in [0.717, 1.165) is 5.92 Å². The second kappa shape index (κ2) is 7.25. The topological polar surface area (TPSA) is 18.5 Å². The van der Waals surface area contributed by atoms with E-state index in [9.17, 15) is 0 Å². The molecule has 1 aliphatic heterocycles. The van der Waals surface area contributed by atoms with Gasteiger partial charge in [-0.3, -0.25) is 0 Å². The highest BCUT2D eigenvalue weighted by Gasteiger charge is 2.24. The van der Waals surface area contributed by atoms with Crippen LogP contribution in [0.3, 0.4) is 0 Å². The van der Waals surface area contributed by atoms with Crippen LogP contribution in [0.2, 0.25) is 0 Å². The van der Waals surface area contributed by atoms with Crippen LogP contribution >= 0.6 is 0 Å². The lowest BCUT2D eigenvalue weighted by atomic mass is 10.0. The summed E-state index contributed by atoms with van der Waals surface area (Å²) in [5.41, 5.74) is 0. The van der Waals surface area contributed by atoms with Crippen LogP contribution in [0.5, 0.6) is 0 Å². The van der Waals surface area contributed by atoms with Gasteiger partial charge in [0.15, 0.2) is 0 Å². The van der Waals surface area contributed by atoms with Crippen LogP contribution in [0.4, 0.5) is 0 Å².